The molecule has 1 saturated heterocycles. The van der Waals surface area contributed by atoms with Crippen LogP contribution in [0.25, 0.3) is 10.2 Å². The third-order valence-corrected chi connectivity index (χ3v) is 4.22. The lowest BCUT2D eigenvalue weighted by molar-refractivity contribution is 0.0529. The van der Waals surface area contributed by atoms with Crippen molar-refractivity contribution in [2.45, 2.75) is 6.92 Å². The minimum atomic E-state index is -0.339. The molecular formula is C13H18ClN5O2S. The molecule has 0 spiro atoms. The number of esters is 1. The fourth-order valence-electron chi connectivity index (χ4n) is 2.40. The molecule has 0 bridgehead atoms. The van der Waals surface area contributed by atoms with E-state index in [1.165, 1.54) is 11.3 Å². The number of rotatable bonds is 3. The molecule has 1 fully saturated rings. The second-order valence-corrected chi connectivity index (χ2v) is 5.55. The second kappa shape index (κ2) is 7.08. The average molecular weight is 344 g/mol. The third kappa shape index (κ3) is 3.08. The first-order chi connectivity index (χ1) is 10.2. The number of ether oxygens (including phenoxy) is 1. The molecule has 2 aromatic heterocycles. The maximum absolute atomic E-state index is 12.1. The topological polar surface area (TPSA) is 93.4 Å². The van der Waals surface area contributed by atoms with Crippen molar-refractivity contribution in [1.29, 1.82) is 0 Å². The van der Waals surface area contributed by atoms with Crippen molar-refractivity contribution in [2.24, 2.45) is 0 Å². The molecule has 0 unspecified atom stereocenters. The first kappa shape index (κ1) is 16.7. The van der Waals surface area contributed by atoms with Gasteiger partial charge in [0.15, 0.2) is 0 Å². The van der Waals surface area contributed by atoms with Crippen LogP contribution in [0.3, 0.4) is 0 Å². The van der Waals surface area contributed by atoms with Crippen molar-refractivity contribution in [3.8, 4) is 0 Å². The smallest absolute Gasteiger partial charge is 0.339 e. The number of hydrogen-bond acceptors (Lipinski definition) is 8. The lowest BCUT2D eigenvalue weighted by Gasteiger charge is -2.29. The molecule has 9 heteroatoms. The number of thiophene rings is 1. The van der Waals surface area contributed by atoms with Gasteiger partial charge in [-0.25, -0.2) is 9.78 Å². The number of carbonyl (C=O) groups excluding carboxylic acids is 1. The van der Waals surface area contributed by atoms with Gasteiger partial charge in [0, 0.05) is 31.6 Å². The van der Waals surface area contributed by atoms with Crippen LogP contribution in [0.2, 0.25) is 0 Å². The van der Waals surface area contributed by atoms with Gasteiger partial charge in [0.2, 0.25) is 5.95 Å². The van der Waals surface area contributed by atoms with Gasteiger partial charge in [-0.1, -0.05) is 0 Å². The fraction of sp³-hybridized carbons (Fsp3) is 0.462. The molecule has 7 nitrogen and oxygen atoms in total. The molecule has 0 saturated carbocycles. The van der Waals surface area contributed by atoms with Gasteiger partial charge in [-0.05, 0) is 6.92 Å². The van der Waals surface area contributed by atoms with Crippen molar-refractivity contribution in [3.05, 3.63) is 10.9 Å². The van der Waals surface area contributed by atoms with E-state index in [1.807, 2.05) is 0 Å². The highest BCUT2D eigenvalue weighted by molar-refractivity contribution is 7.17. The first-order valence-electron chi connectivity index (χ1n) is 6.88. The maximum Gasteiger partial charge on any atom is 0.339 e. The van der Waals surface area contributed by atoms with E-state index >= 15 is 0 Å². The summed E-state index contributed by atoms with van der Waals surface area (Å²) in [7, 11) is 0. The Labute approximate surface area is 138 Å². The molecule has 0 radical (unpaired) electrons. The molecule has 22 heavy (non-hydrogen) atoms. The highest BCUT2D eigenvalue weighted by atomic mass is 35.5. The summed E-state index contributed by atoms with van der Waals surface area (Å²) in [4.78, 5) is 23.6. The number of aromatic nitrogens is 2. The number of halogens is 1. The molecule has 1 aliphatic heterocycles. The number of piperazine rings is 1. The van der Waals surface area contributed by atoms with Gasteiger partial charge >= 0.3 is 5.97 Å². The van der Waals surface area contributed by atoms with Crippen LogP contribution in [-0.4, -0.2) is 48.7 Å². The molecule has 120 valence electrons. The summed E-state index contributed by atoms with van der Waals surface area (Å²) < 4.78 is 5.12. The maximum atomic E-state index is 12.1. The Morgan fingerprint density at radius 2 is 2.18 bits per heavy atom. The number of carbonyl (C=O) groups is 1. The van der Waals surface area contributed by atoms with Crippen molar-refractivity contribution < 1.29 is 9.53 Å². The van der Waals surface area contributed by atoms with Crippen molar-refractivity contribution in [3.63, 3.8) is 0 Å². The van der Waals surface area contributed by atoms with Crippen LogP contribution in [0.5, 0.6) is 0 Å². The highest BCUT2D eigenvalue weighted by Crippen LogP contribution is 2.33. The summed E-state index contributed by atoms with van der Waals surface area (Å²) in [6, 6.07) is 0. The van der Waals surface area contributed by atoms with Crippen molar-refractivity contribution in [1.82, 2.24) is 15.3 Å². The van der Waals surface area contributed by atoms with E-state index in [2.05, 4.69) is 20.2 Å². The second-order valence-electron chi connectivity index (χ2n) is 4.69. The minimum Gasteiger partial charge on any atom is -0.462 e. The van der Waals surface area contributed by atoms with E-state index in [9.17, 15) is 4.79 Å². The van der Waals surface area contributed by atoms with Crippen LogP contribution in [0.15, 0.2) is 5.38 Å². The Kier molecular flexibility index (Phi) is 5.38. The van der Waals surface area contributed by atoms with Gasteiger partial charge in [-0.3, -0.25) is 0 Å². The van der Waals surface area contributed by atoms with Crippen LogP contribution in [0.1, 0.15) is 17.3 Å². The lowest BCUT2D eigenvalue weighted by atomic mass is 10.2. The largest absolute Gasteiger partial charge is 0.462 e. The normalized spacial score (nSPS) is 14.7. The Bertz CT molecular complexity index is 672. The third-order valence-electron chi connectivity index (χ3n) is 3.34. The van der Waals surface area contributed by atoms with Crippen LogP contribution >= 0.6 is 23.7 Å². The SMILES string of the molecule is CCOC(=O)c1csc2nc(N)nc(N3CCNCC3)c12.Cl. The summed E-state index contributed by atoms with van der Waals surface area (Å²) in [6.45, 7) is 5.54. The number of nitrogens with one attached hydrogen (secondary N) is 1. The molecule has 0 amide bonds. The fourth-order valence-corrected chi connectivity index (χ4v) is 3.31. The van der Waals surface area contributed by atoms with E-state index in [4.69, 9.17) is 10.5 Å². The summed E-state index contributed by atoms with van der Waals surface area (Å²) in [5.74, 6) is 0.616. The van der Waals surface area contributed by atoms with Gasteiger partial charge in [-0.2, -0.15) is 4.98 Å². The van der Waals surface area contributed by atoms with Gasteiger partial charge in [0.1, 0.15) is 10.6 Å². The number of nitrogens with zero attached hydrogens (tertiary/aromatic N) is 3. The number of nitrogen functional groups attached to an aromatic ring is 1. The standard InChI is InChI=1S/C13H17N5O2S.ClH/c1-2-20-12(19)8-7-21-11-9(8)10(16-13(14)17-11)18-5-3-15-4-6-18;/h7,15H,2-6H2,1H3,(H2,14,16,17);1H. The minimum absolute atomic E-state index is 0. The van der Waals surface area contributed by atoms with E-state index in [0.717, 1.165) is 42.2 Å². The number of anilines is 2. The van der Waals surface area contributed by atoms with Crippen LogP contribution in [0.4, 0.5) is 11.8 Å². The first-order valence-corrected chi connectivity index (χ1v) is 7.76. The molecule has 2 aromatic rings. The lowest BCUT2D eigenvalue weighted by Crippen LogP contribution is -2.44. The predicted octanol–water partition coefficient (Wildman–Crippen LogP) is 1.28. The highest BCUT2D eigenvalue weighted by Gasteiger charge is 2.23. The zero-order chi connectivity index (χ0) is 14.8. The van der Waals surface area contributed by atoms with Crippen molar-refractivity contribution in [2.75, 3.05) is 43.4 Å². The molecule has 0 atom stereocenters. The predicted molar refractivity (Wildman–Crippen MR) is 90.1 cm³/mol. The van der Waals surface area contributed by atoms with Crippen molar-refractivity contribution >= 4 is 51.7 Å². The zero-order valence-corrected chi connectivity index (χ0v) is 13.8. The number of nitrogens with two attached hydrogens (primary N) is 1. The summed E-state index contributed by atoms with van der Waals surface area (Å²) >= 11 is 1.39. The van der Waals surface area contributed by atoms with Gasteiger partial charge in [-0.15, -0.1) is 23.7 Å². The van der Waals surface area contributed by atoms with Gasteiger partial charge in [0.05, 0.1) is 17.6 Å². The Morgan fingerprint density at radius 1 is 1.45 bits per heavy atom. The number of hydrogen-bond donors (Lipinski definition) is 2. The Morgan fingerprint density at radius 3 is 2.86 bits per heavy atom. The number of fused-ring (bicyclic) bond motifs is 1. The van der Waals surface area contributed by atoms with E-state index in [-0.39, 0.29) is 24.3 Å². The van der Waals surface area contributed by atoms with E-state index in [1.54, 1.807) is 12.3 Å². The van der Waals surface area contributed by atoms with Crippen LogP contribution in [0, 0.1) is 0 Å². The Balaban J connectivity index is 0.00000176. The van der Waals surface area contributed by atoms with Crippen LogP contribution < -0.4 is 16.0 Å². The molecule has 3 heterocycles. The summed E-state index contributed by atoms with van der Waals surface area (Å²) in [5, 5.41) is 5.80. The Hall–Kier alpha value is -1.64. The average Bonchev–Trinajstić information content (AvgIpc) is 2.91. The molecule has 1 aliphatic rings. The van der Waals surface area contributed by atoms with Gasteiger partial charge < -0.3 is 20.7 Å². The zero-order valence-electron chi connectivity index (χ0n) is 12.2. The quantitative estimate of drug-likeness (QED) is 0.811. The molecule has 0 aromatic carbocycles. The summed E-state index contributed by atoms with van der Waals surface area (Å²) in [6.07, 6.45) is 0. The van der Waals surface area contributed by atoms with E-state index in [0.29, 0.717) is 12.2 Å². The molecule has 3 rings (SSSR count). The van der Waals surface area contributed by atoms with E-state index < -0.39 is 0 Å². The molecule has 0 aliphatic carbocycles. The molecule has 3 N–H and O–H groups in total. The summed E-state index contributed by atoms with van der Waals surface area (Å²) in [5.41, 5.74) is 6.32. The van der Waals surface area contributed by atoms with Gasteiger partial charge in [0.25, 0.3) is 0 Å². The van der Waals surface area contributed by atoms with Crippen LogP contribution in [-0.2, 0) is 4.74 Å². The monoisotopic (exact) mass is 343 g/mol. The molecular weight excluding hydrogens is 326 g/mol.